The zero-order valence-corrected chi connectivity index (χ0v) is 19.4. The third-order valence-electron chi connectivity index (χ3n) is 6.61. The van der Waals surface area contributed by atoms with E-state index in [0.717, 1.165) is 30.4 Å². The van der Waals surface area contributed by atoms with Crippen LogP contribution < -0.4 is 15.1 Å². The van der Waals surface area contributed by atoms with Crippen molar-refractivity contribution in [2.24, 2.45) is 0 Å². The van der Waals surface area contributed by atoms with Crippen molar-refractivity contribution in [3.8, 4) is 5.75 Å². The predicted octanol–water partition coefficient (Wildman–Crippen LogP) is 1.95. The fraction of sp³-hybridized carbons (Fsp3) is 0.462. The van der Waals surface area contributed by atoms with Crippen molar-refractivity contribution in [2.75, 3.05) is 13.2 Å². The molecule has 4 rings (SSSR count). The molecule has 0 radical (unpaired) electrons. The molecule has 0 bridgehead atoms. The molecular formula is C26H32N2O6. The van der Waals surface area contributed by atoms with E-state index in [9.17, 15) is 19.9 Å². The molecule has 1 aliphatic carbocycles. The smallest absolute Gasteiger partial charge is 0.323 e. The molecule has 0 aromatic heterocycles. The fourth-order valence-electron chi connectivity index (χ4n) is 4.90. The van der Waals surface area contributed by atoms with Gasteiger partial charge in [-0.15, -0.1) is 0 Å². The summed E-state index contributed by atoms with van der Waals surface area (Å²) in [5, 5.41) is 26.0. The number of hydroxylamine groups is 2. The Bertz CT molecular complexity index is 1010. The van der Waals surface area contributed by atoms with Gasteiger partial charge in [0.25, 0.3) is 0 Å². The molecule has 1 heterocycles. The van der Waals surface area contributed by atoms with E-state index in [2.05, 4.69) is 5.32 Å². The minimum absolute atomic E-state index is 0.0297. The molecule has 2 aliphatic rings. The van der Waals surface area contributed by atoms with E-state index in [0.29, 0.717) is 24.2 Å². The minimum atomic E-state index is -1.04. The first-order chi connectivity index (χ1) is 16.5. The van der Waals surface area contributed by atoms with E-state index >= 15 is 0 Å². The number of carboxylic acids is 1. The van der Waals surface area contributed by atoms with E-state index in [1.165, 1.54) is 5.56 Å². The van der Waals surface area contributed by atoms with E-state index in [1.807, 2.05) is 42.5 Å². The van der Waals surface area contributed by atoms with Gasteiger partial charge >= 0.3 is 11.9 Å². The highest BCUT2D eigenvalue weighted by Gasteiger charge is 2.37. The lowest BCUT2D eigenvalue weighted by atomic mass is 9.97. The van der Waals surface area contributed by atoms with Crippen LogP contribution in [0.2, 0.25) is 0 Å². The molecule has 4 atom stereocenters. The molecule has 2 aromatic rings. The lowest BCUT2D eigenvalue weighted by molar-refractivity contribution is -0.910. The van der Waals surface area contributed by atoms with Crippen molar-refractivity contribution in [3.63, 3.8) is 0 Å². The number of esters is 1. The number of hydrogen-bond donors (Lipinski definition) is 3. The quantitative estimate of drug-likeness (QED) is 0.381. The Morgan fingerprint density at radius 3 is 2.68 bits per heavy atom. The number of aryl methyl sites for hydroxylation is 3. The molecule has 0 spiro atoms. The number of carbonyl (C=O) groups excluding carboxylic acids is 1. The number of quaternary nitrogens is 1. The maximum Gasteiger partial charge on any atom is 0.323 e. The number of aliphatic carboxylic acids is 1. The van der Waals surface area contributed by atoms with E-state index in [4.69, 9.17) is 9.47 Å². The van der Waals surface area contributed by atoms with E-state index in [1.54, 1.807) is 6.92 Å². The molecule has 0 saturated carbocycles. The van der Waals surface area contributed by atoms with Crippen molar-refractivity contribution in [3.05, 3.63) is 69.9 Å². The first-order valence-corrected chi connectivity index (χ1v) is 12.0. The summed E-state index contributed by atoms with van der Waals surface area (Å²) in [4.78, 5) is 24.4. The van der Waals surface area contributed by atoms with Crippen LogP contribution in [0.1, 0.15) is 54.5 Å². The molecule has 3 N–H and O–H groups in total. The van der Waals surface area contributed by atoms with Gasteiger partial charge in [-0.1, -0.05) is 30.3 Å². The van der Waals surface area contributed by atoms with Gasteiger partial charge in [0.2, 0.25) is 0 Å². The highest BCUT2D eigenvalue weighted by molar-refractivity contribution is 5.75. The largest absolute Gasteiger partial charge is 0.633 e. The van der Waals surface area contributed by atoms with Crippen LogP contribution >= 0.6 is 0 Å². The lowest BCUT2D eigenvalue weighted by Gasteiger charge is -2.36. The number of carbonyl (C=O) groups is 2. The monoisotopic (exact) mass is 468 g/mol. The van der Waals surface area contributed by atoms with E-state index in [-0.39, 0.29) is 24.7 Å². The topological polar surface area (TPSA) is 112 Å². The maximum atomic E-state index is 13.6. The summed E-state index contributed by atoms with van der Waals surface area (Å²) in [7, 11) is 0. The van der Waals surface area contributed by atoms with Crippen LogP contribution in [-0.4, -0.2) is 42.5 Å². The SMILES string of the molecule is CCOC(=O)C(CCc1ccccc1)NC1COc2cc3c(cc2C(CC(=O)O)[NH+]1[O-])CCC3. The Labute approximate surface area is 199 Å². The third-order valence-corrected chi connectivity index (χ3v) is 6.61. The van der Waals surface area contributed by atoms with Gasteiger partial charge in [0, 0.05) is 0 Å². The van der Waals surface area contributed by atoms with Gasteiger partial charge in [-0.25, -0.2) is 0 Å². The summed E-state index contributed by atoms with van der Waals surface area (Å²) in [5.74, 6) is -0.903. The van der Waals surface area contributed by atoms with E-state index < -0.39 is 30.2 Å². The molecule has 8 nitrogen and oxygen atoms in total. The zero-order valence-electron chi connectivity index (χ0n) is 19.4. The Kier molecular flexibility index (Phi) is 7.82. The second-order valence-electron chi connectivity index (χ2n) is 8.92. The second kappa shape index (κ2) is 11.0. The first kappa shape index (κ1) is 24.2. The number of ether oxygens (including phenoxy) is 2. The number of fused-ring (bicyclic) bond motifs is 2. The van der Waals surface area contributed by atoms with Crippen molar-refractivity contribution in [2.45, 2.75) is 63.7 Å². The molecule has 0 amide bonds. The Hall–Kier alpha value is -2.94. The number of carboxylic acid groups (broad SMARTS) is 1. The Balaban J connectivity index is 1.56. The Morgan fingerprint density at radius 1 is 1.24 bits per heavy atom. The van der Waals surface area contributed by atoms with Gasteiger partial charge in [0.05, 0.1) is 12.2 Å². The molecule has 0 saturated heterocycles. The van der Waals surface area contributed by atoms with Crippen molar-refractivity contribution in [1.29, 1.82) is 0 Å². The van der Waals surface area contributed by atoms with Gasteiger partial charge in [-0.2, -0.15) is 0 Å². The van der Waals surface area contributed by atoms with Gasteiger partial charge in [0.15, 0.2) is 12.8 Å². The van der Waals surface area contributed by atoms with Crippen LogP contribution in [0.3, 0.4) is 0 Å². The molecule has 182 valence electrons. The number of hydrogen-bond acceptors (Lipinski definition) is 6. The van der Waals surface area contributed by atoms with Crippen LogP contribution in [0, 0.1) is 5.21 Å². The molecule has 2 aromatic carbocycles. The van der Waals surface area contributed by atoms with Crippen molar-refractivity contribution < 1.29 is 29.2 Å². The number of benzene rings is 2. The standard InChI is InChI=1S/C26H32N2O6/c1-2-33-26(31)21(12-11-17-7-4-3-5-8-17)27-24-16-34-23-14-19-10-6-9-18(19)13-20(23)22(28(24)32)15-25(29)30/h3-5,7-8,13-14,21-22,24,27-28H,2,6,9-12,15-16H2,1H3,(H,29,30). The third kappa shape index (κ3) is 5.58. The van der Waals surface area contributed by atoms with Crippen LogP contribution in [-0.2, 0) is 33.6 Å². The van der Waals surface area contributed by atoms with Gasteiger partial charge < -0.3 is 24.9 Å². The summed E-state index contributed by atoms with van der Waals surface area (Å²) < 4.78 is 11.3. The first-order valence-electron chi connectivity index (χ1n) is 12.0. The number of rotatable bonds is 9. The average Bonchev–Trinajstić information content (AvgIpc) is 3.25. The molecule has 1 aliphatic heterocycles. The summed E-state index contributed by atoms with van der Waals surface area (Å²) in [6.45, 7) is 2.00. The van der Waals surface area contributed by atoms with Gasteiger partial charge in [0.1, 0.15) is 24.3 Å². The molecule has 8 heteroatoms. The van der Waals surface area contributed by atoms with Crippen LogP contribution in [0.5, 0.6) is 5.75 Å². The molecule has 0 fully saturated rings. The Morgan fingerprint density at radius 2 is 1.97 bits per heavy atom. The van der Waals surface area contributed by atoms with Crippen LogP contribution in [0.4, 0.5) is 0 Å². The maximum absolute atomic E-state index is 13.6. The van der Waals surface area contributed by atoms with Crippen LogP contribution in [0.25, 0.3) is 0 Å². The summed E-state index contributed by atoms with van der Waals surface area (Å²) in [5.41, 5.74) is 4.06. The highest BCUT2D eigenvalue weighted by atomic mass is 16.5. The fourth-order valence-corrected chi connectivity index (χ4v) is 4.90. The summed E-state index contributed by atoms with van der Waals surface area (Å²) >= 11 is 0. The minimum Gasteiger partial charge on any atom is -0.633 e. The van der Waals surface area contributed by atoms with Gasteiger partial charge in [-0.3, -0.25) is 14.9 Å². The molecular weight excluding hydrogens is 436 g/mol. The lowest BCUT2D eigenvalue weighted by Crippen LogP contribution is -3.14. The normalized spacial score (nSPS) is 22.1. The summed E-state index contributed by atoms with van der Waals surface area (Å²) in [6.07, 6.45) is 2.85. The summed E-state index contributed by atoms with van der Waals surface area (Å²) in [6, 6.07) is 12.1. The zero-order chi connectivity index (χ0) is 24.1. The predicted molar refractivity (Wildman–Crippen MR) is 125 cm³/mol. The van der Waals surface area contributed by atoms with Crippen LogP contribution in [0.15, 0.2) is 42.5 Å². The molecule has 4 unspecified atom stereocenters. The van der Waals surface area contributed by atoms with Crippen molar-refractivity contribution >= 4 is 11.9 Å². The average molecular weight is 469 g/mol. The van der Waals surface area contributed by atoms with Crippen molar-refractivity contribution in [1.82, 2.24) is 5.32 Å². The molecule has 34 heavy (non-hydrogen) atoms. The number of nitrogens with one attached hydrogen (secondary N) is 2. The van der Waals surface area contributed by atoms with Gasteiger partial charge in [-0.05, 0) is 67.9 Å². The highest BCUT2D eigenvalue weighted by Crippen LogP contribution is 2.34. The second-order valence-corrected chi connectivity index (χ2v) is 8.92.